The minimum atomic E-state index is -0.0932. The van der Waals surface area contributed by atoms with Crippen LogP contribution in [0.5, 0.6) is 0 Å². The number of carbonyl (C=O) groups excluding carboxylic acids is 2. The van der Waals surface area contributed by atoms with Gasteiger partial charge in [0.15, 0.2) is 0 Å². The van der Waals surface area contributed by atoms with E-state index in [0.717, 1.165) is 38.0 Å². The number of nitrogens with zero attached hydrogens (tertiary/aromatic N) is 3. The lowest BCUT2D eigenvalue weighted by Crippen LogP contribution is -2.38. The molecule has 0 bridgehead atoms. The molecule has 3 heterocycles. The Kier molecular flexibility index (Phi) is 4.45. The lowest BCUT2D eigenvalue weighted by Gasteiger charge is -2.30. The first-order valence-electron chi connectivity index (χ1n) is 9.27. The number of para-hydroxylation sites is 1. The Balaban J connectivity index is 1.54. The van der Waals surface area contributed by atoms with Crippen LogP contribution in [0.25, 0.3) is 0 Å². The van der Waals surface area contributed by atoms with E-state index >= 15 is 0 Å². The highest BCUT2D eigenvalue weighted by molar-refractivity contribution is 6.08. The van der Waals surface area contributed by atoms with Crippen LogP contribution >= 0.6 is 0 Å². The topological polar surface area (TPSA) is 53.5 Å². The first-order valence-corrected chi connectivity index (χ1v) is 9.27. The Morgan fingerprint density at radius 1 is 1.00 bits per heavy atom. The quantitative estimate of drug-likeness (QED) is 0.837. The third-order valence-corrected chi connectivity index (χ3v) is 5.44. The van der Waals surface area contributed by atoms with Crippen LogP contribution in [0.1, 0.15) is 46.0 Å². The summed E-state index contributed by atoms with van der Waals surface area (Å²) in [7, 11) is 0. The number of carbonyl (C=O) groups is 2. The first kappa shape index (κ1) is 16.8. The third kappa shape index (κ3) is 3.09. The van der Waals surface area contributed by atoms with Crippen molar-refractivity contribution in [2.75, 3.05) is 24.5 Å². The Morgan fingerprint density at radius 2 is 1.69 bits per heavy atom. The summed E-state index contributed by atoms with van der Waals surface area (Å²) < 4.78 is 0. The standard InChI is InChI=1S/C21H23N3O2/c1-15-6-9-23(10-7-15)20(25)17-12-18(14-22-13-17)21(26)24-11-8-16-4-2-3-5-19(16)24/h2-5,12-15H,6-11H2,1H3. The van der Waals surface area contributed by atoms with E-state index in [1.807, 2.05) is 23.1 Å². The Labute approximate surface area is 153 Å². The summed E-state index contributed by atoms with van der Waals surface area (Å²) in [5.74, 6) is 0.547. The molecule has 1 saturated heterocycles. The van der Waals surface area contributed by atoms with E-state index < -0.39 is 0 Å². The molecule has 5 nitrogen and oxygen atoms in total. The second-order valence-electron chi connectivity index (χ2n) is 7.27. The number of anilines is 1. The van der Waals surface area contributed by atoms with Gasteiger partial charge in [-0.3, -0.25) is 14.6 Å². The molecule has 2 aliphatic heterocycles. The zero-order valence-electron chi connectivity index (χ0n) is 15.0. The van der Waals surface area contributed by atoms with Crippen molar-refractivity contribution in [3.05, 3.63) is 59.4 Å². The number of hydrogen-bond acceptors (Lipinski definition) is 3. The normalized spacial score (nSPS) is 17.3. The fourth-order valence-corrected chi connectivity index (χ4v) is 3.77. The number of piperidine rings is 1. The summed E-state index contributed by atoms with van der Waals surface area (Å²) in [5.41, 5.74) is 3.11. The molecule has 134 valence electrons. The van der Waals surface area contributed by atoms with Crippen molar-refractivity contribution >= 4 is 17.5 Å². The van der Waals surface area contributed by atoms with Crippen molar-refractivity contribution in [1.29, 1.82) is 0 Å². The van der Waals surface area contributed by atoms with E-state index in [1.54, 1.807) is 23.4 Å². The molecule has 2 aliphatic rings. The van der Waals surface area contributed by atoms with Crippen LogP contribution in [-0.4, -0.2) is 41.3 Å². The average molecular weight is 349 g/mol. The van der Waals surface area contributed by atoms with E-state index in [2.05, 4.69) is 18.0 Å². The molecule has 4 rings (SSSR count). The van der Waals surface area contributed by atoms with Crippen LogP contribution in [-0.2, 0) is 6.42 Å². The highest BCUT2D eigenvalue weighted by atomic mass is 16.2. The lowest BCUT2D eigenvalue weighted by molar-refractivity contribution is 0.0697. The van der Waals surface area contributed by atoms with Crippen molar-refractivity contribution in [2.45, 2.75) is 26.2 Å². The van der Waals surface area contributed by atoms with Gasteiger partial charge in [-0.15, -0.1) is 0 Å². The van der Waals surface area contributed by atoms with Crippen molar-refractivity contribution in [2.24, 2.45) is 5.92 Å². The van der Waals surface area contributed by atoms with Crippen LogP contribution in [0.15, 0.2) is 42.7 Å². The SMILES string of the molecule is CC1CCN(C(=O)c2cncc(C(=O)N3CCc4ccccc43)c2)CC1. The van der Waals surface area contributed by atoms with Crippen molar-refractivity contribution in [3.8, 4) is 0 Å². The van der Waals surface area contributed by atoms with Crippen LogP contribution < -0.4 is 4.90 Å². The van der Waals surface area contributed by atoms with Crippen LogP contribution in [0.2, 0.25) is 0 Å². The van der Waals surface area contributed by atoms with Gasteiger partial charge in [0, 0.05) is 37.7 Å². The summed E-state index contributed by atoms with van der Waals surface area (Å²) in [6.45, 7) is 4.44. The van der Waals surface area contributed by atoms with Gasteiger partial charge < -0.3 is 9.80 Å². The number of benzene rings is 1. The van der Waals surface area contributed by atoms with E-state index in [1.165, 1.54) is 5.56 Å². The smallest absolute Gasteiger partial charge is 0.259 e. The molecule has 5 heteroatoms. The third-order valence-electron chi connectivity index (χ3n) is 5.44. The van der Waals surface area contributed by atoms with Gasteiger partial charge in [0.05, 0.1) is 11.1 Å². The molecule has 0 N–H and O–H groups in total. The predicted molar refractivity (Wildman–Crippen MR) is 100 cm³/mol. The molecule has 1 fully saturated rings. The Bertz CT molecular complexity index is 841. The van der Waals surface area contributed by atoms with Crippen molar-refractivity contribution < 1.29 is 9.59 Å². The highest BCUT2D eigenvalue weighted by Crippen LogP contribution is 2.29. The summed E-state index contributed by atoms with van der Waals surface area (Å²) in [5, 5.41) is 0. The highest BCUT2D eigenvalue weighted by Gasteiger charge is 2.27. The number of aromatic nitrogens is 1. The van der Waals surface area contributed by atoms with E-state index in [4.69, 9.17) is 0 Å². The molecular weight excluding hydrogens is 326 g/mol. The molecule has 1 aromatic carbocycles. The summed E-state index contributed by atoms with van der Waals surface area (Å²) in [4.78, 5) is 33.5. The second kappa shape index (κ2) is 6.90. The maximum atomic E-state index is 13.0. The number of likely N-dealkylation sites (tertiary alicyclic amines) is 1. The Hall–Kier alpha value is -2.69. The van der Waals surface area contributed by atoms with Crippen molar-refractivity contribution in [3.63, 3.8) is 0 Å². The molecule has 0 saturated carbocycles. The van der Waals surface area contributed by atoms with Gasteiger partial charge >= 0.3 is 0 Å². The molecule has 0 atom stereocenters. The van der Waals surface area contributed by atoms with Crippen LogP contribution in [0.4, 0.5) is 5.69 Å². The zero-order chi connectivity index (χ0) is 18.1. The molecule has 0 aliphatic carbocycles. The van der Waals surface area contributed by atoms with Gasteiger partial charge in [-0.05, 0) is 42.9 Å². The average Bonchev–Trinajstić information content (AvgIpc) is 3.12. The Morgan fingerprint density at radius 3 is 2.46 bits per heavy atom. The molecule has 26 heavy (non-hydrogen) atoms. The maximum absolute atomic E-state index is 13.0. The molecule has 2 aromatic rings. The molecule has 0 spiro atoms. The number of rotatable bonds is 2. The lowest BCUT2D eigenvalue weighted by atomic mass is 9.98. The molecule has 1 aromatic heterocycles. The fraction of sp³-hybridized carbons (Fsp3) is 0.381. The zero-order valence-corrected chi connectivity index (χ0v) is 15.0. The van der Waals surface area contributed by atoms with Crippen LogP contribution in [0.3, 0.4) is 0 Å². The largest absolute Gasteiger partial charge is 0.339 e. The van der Waals surface area contributed by atoms with Gasteiger partial charge in [0.1, 0.15) is 0 Å². The minimum Gasteiger partial charge on any atom is -0.339 e. The molecule has 0 radical (unpaired) electrons. The fourth-order valence-electron chi connectivity index (χ4n) is 3.77. The van der Waals surface area contributed by atoms with Crippen molar-refractivity contribution in [1.82, 2.24) is 9.88 Å². The van der Waals surface area contributed by atoms with Gasteiger partial charge in [0.25, 0.3) is 11.8 Å². The molecular formula is C21H23N3O2. The number of pyridine rings is 1. The number of hydrogen-bond donors (Lipinski definition) is 0. The minimum absolute atomic E-state index is 0.0270. The predicted octanol–water partition coefficient (Wildman–Crippen LogP) is 3.16. The molecule has 0 unspecified atom stereocenters. The van der Waals surface area contributed by atoms with Gasteiger partial charge in [0.2, 0.25) is 0 Å². The second-order valence-corrected chi connectivity index (χ2v) is 7.27. The summed E-state index contributed by atoms with van der Waals surface area (Å²) in [6, 6.07) is 9.65. The van der Waals surface area contributed by atoms with Gasteiger partial charge in [-0.2, -0.15) is 0 Å². The van der Waals surface area contributed by atoms with Gasteiger partial charge in [-0.25, -0.2) is 0 Å². The van der Waals surface area contributed by atoms with E-state index in [9.17, 15) is 9.59 Å². The summed E-state index contributed by atoms with van der Waals surface area (Å²) >= 11 is 0. The van der Waals surface area contributed by atoms with E-state index in [-0.39, 0.29) is 11.8 Å². The van der Waals surface area contributed by atoms with E-state index in [0.29, 0.717) is 23.6 Å². The van der Waals surface area contributed by atoms with Crippen LogP contribution in [0, 0.1) is 5.92 Å². The summed E-state index contributed by atoms with van der Waals surface area (Å²) in [6.07, 6.45) is 6.04. The molecule has 2 amide bonds. The number of amides is 2. The maximum Gasteiger partial charge on any atom is 0.259 e. The monoisotopic (exact) mass is 349 g/mol. The van der Waals surface area contributed by atoms with Gasteiger partial charge in [-0.1, -0.05) is 25.1 Å². The number of fused-ring (bicyclic) bond motifs is 1. The first-order chi connectivity index (χ1) is 12.6.